The van der Waals surface area contributed by atoms with E-state index in [1.165, 1.54) is 18.2 Å². The van der Waals surface area contributed by atoms with Gasteiger partial charge in [0.1, 0.15) is 6.07 Å². The predicted molar refractivity (Wildman–Crippen MR) is 58.7 cm³/mol. The van der Waals surface area contributed by atoms with Gasteiger partial charge in [-0.2, -0.15) is 18.4 Å². The molecule has 1 rings (SSSR count). The maximum absolute atomic E-state index is 12.0. The largest absolute Gasteiger partial charge is 0.447 e. The third kappa shape index (κ3) is 4.60. The molecule has 0 fully saturated rings. The molecular weight excluding hydrogens is 259 g/mol. The second kappa shape index (κ2) is 5.28. The minimum atomic E-state index is -4.45. The van der Waals surface area contributed by atoms with Crippen LogP contribution in [0.4, 0.5) is 13.2 Å². The lowest BCUT2D eigenvalue weighted by Crippen LogP contribution is -1.99. The standard InChI is InChI=1S/C10H5ClF3NS/c11-8-3-1-7(2-4-8)5-9(6-15)16-10(12,13)14/h1-5H. The summed E-state index contributed by atoms with van der Waals surface area (Å²) in [7, 11) is 0. The zero-order valence-electron chi connectivity index (χ0n) is 7.75. The molecule has 6 heteroatoms. The molecule has 0 amide bonds. The van der Waals surface area contributed by atoms with Crippen LogP contribution in [0.5, 0.6) is 0 Å². The van der Waals surface area contributed by atoms with Crippen molar-refractivity contribution in [3.05, 3.63) is 39.8 Å². The molecule has 0 radical (unpaired) electrons. The molecular formula is C10H5ClF3NS. The zero-order chi connectivity index (χ0) is 12.2. The highest BCUT2D eigenvalue weighted by atomic mass is 35.5. The molecule has 1 aromatic rings. The van der Waals surface area contributed by atoms with E-state index in [9.17, 15) is 13.2 Å². The fourth-order valence-corrected chi connectivity index (χ4v) is 1.54. The molecule has 0 aliphatic heterocycles. The number of hydrogen-bond donors (Lipinski definition) is 0. The van der Waals surface area contributed by atoms with Gasteiger partial charge >= 0.3 is 5.51 Å². The molecule has 0 saturated carbocycles. The van der Waals surface area contributed by atoms with Gasteiger partial charge in [-0.1, -0.05) is 23.7 Å². The van der Waals surface area contributed by atoms with E-state index >= 15 is 0 Å². The molecule has 1 nitrogen and oxygen atoms in total. The number of nitrogens with zero attached hydrogens (tertiary/aromatic N) is 1. The third-order valence-corrected chi connectivity index (χ3v) is 2.42. The zero-order valence-corrected chi connectivity index (χ0v) is 9.33. The second-order valence-corrected chi connectivity index (χ2v) is 4.26. The average Bonchev–Trinajstić information content (AvgIpc) is 2.18. The second-order valence-electron chi connectivity index (χ2n) is 2.72. The average molecular weight is 264 g/mol. The Labute approximate surface area is 99.5 Å². The molecule has 0 spiro atoms. The number of thioether (sulfide) groups is 1. The topological polar surface area (TPSA) is 23.8 Å². The van der Waals surface area contributed by atoms with Crippen molar-refractivity contribution in [2.24, 2.45) is 0 Å². The number of allylic oxidation sites excluding steroid dienone is 1. The van der Waals surface area contributed by atoms with Crippen LogP contribution in [-0.4, -0.2) is 5.51 Å². The van der Waals surface area contributed by atoms with E-state index in [4.69, 9.17) is 16.9 Å². The van der Waals surface area contributed by atoms with Crippen molar-refractivity contribution >= 4 is 29.4 Å². The first kappa shape index (κ1) is 12.9. The molecule has 0 saturated heterocycles. The SMILES string of the molecule is N#CC(=Cc1ccc(Cl)cc1)SC(F)(F)F. The Morgan fingerprint density at radius 2 is 1.88 bits per heavy atom. The molecule has 0 aliphatic rings. The first-order valence-corrected chi connectivity index (χ1v) is 5.23. The molecule has 16 heavy (non-hydrogen) atoms. The van der Waals surface area contributed by atoms with Crippen molar-refractivity contribution in [2.45, 2.75) is 5.51 Å². The summed E-state index contributed by atoms with van der Waals surface area (Å²) >= 11 is 5.19. The van der Waals surface area contributed by atoms with Gasteiger partial charge in [-0.05, 0) is 35.5 Å². The maximum atomic E-state index is 12.0. The van der Waals surface area contributed by atoms with E-state index in [-0.39, 0.29) is 0 Å². The molecule has 0 bridgehead atoms. The minimum Gasteiger partial charge on any atom is -0.192 e. The Morgan fingerprint density at radius 1 is 1.31 bits per heavy atom. The van der Waals surface area contributed by atoms with Gasteiger partial charge in [0.2, 0.25) is 0 Å². The first-order chi connectivity index (χ1) is 7.40. The monoisotopic (exact) mass is 263 g/mol. The summed E-state index contributed by atoms with van der Waals surface area (Å²) in [5.41, 5.74) is -3.95. The molecule has 0 aromatic heterocycles. The summed E-state index contributed by atoms with van der Waals surface area (Å²) < 4.78 is 36.0. The van der Waals surface area contributed by atoms with Crippen molar-refractivity contribution in [2.75, 3.05) is 0 Å². The van der Waals surface area contributed by atoms with Crippen LogP contribution in [0, 0.1) is 11.3 Å². The highest BCUT2D eigenvalue weighted by Gasteiger charge is 2.30. The molecule has 84 valence electrons. The Morgan fingerprint density at radius 3 is 2.31 bits per heavy atom. The maximum Gasteiger partial charge on any atom is 0.447 e. The minimum absolute atomic E-state index is 0.408. The summed E-state index contributed by atoms with van der Waals surface area (Å²) in [5, 5.41) is 9.03. The number of benzene rings is 1. The van der Waals surface area contributed by atoms with Crippen LogP contribution in [0.25, 0.3) is 6.08 Å². The number of hydrogen-bond acceptors (Lipinski definition) is 2. The van der Waals surface area contributed by atoms with E-state index < -0.39 is 22.2 Å². The smallest absolute Gasteiger partial charge is 0.192 e. The Kier molecular flexibility index (Phi) is 4.27. The van der Waals surface area contributed by atoms with E-state index in [1.807, 2.05) is 0 Å². The van der Waals surface area contributed by atoms with Crippen molar-refractivity contribution in [3.8, 4) is 6.07 Å². The van der Waals surface area contributed by atoms with Crippen LogP contribution in [0.15, 0.2) is 29.2 Å². The van der Waals surface area contributed by atoms with Crippen molar-refractivity contribution < 1.29 is 13.2 Å². The first-order valence-electron chi connectivity index (χ1n) is 4.04. The highest BCUT2D eigenvalue weighted by molar-refractivity contribution is 8.04. The van der Waals surface area contributed by atoms with Gasteiger partial charge in [0, 0.05) is 5.02 Å². The van der Waals surface area contributed by atoms with Crippen LogP contribution in [0.1, 0.15) is 5.56 Å². The third-order valence-electron chi connectivity index (χ3n) is 1.50. The lowest BCUT2D eigenvalue weighted by atomic mass is 10.2. The molecule has 0 aliphatic carbocycles. The Balaban J connectivity index is 2.89. The summed E-state index contributed by atoms with van der Waals surface area (Å²) in [6.45, 7) is 0. The molecule has 0 heterocycles. The van der Waals surface area contributed by atoms with Crippen molar-refractivity contribution in [1.29, 1.82) is 5.26 Å². The Hall–Kier alpha value is -1.12. The lowest BCUT2D eigenvalue weighted by Gasteiger charge is -2.03. The predicted octanol–water partition coefficient (Wildman–Crippen LogP) is 4.46. The number of alkyl halides is 3. The van der Waals surface area contributed by atoms with E-state index in [2.05, 4.69) is 0 Å². The van der Waals surface area contributed by atoms with Gasteiger partial charge in [-0.3, -0.25) is 0 Å². The van der Waals surface area contributed by atoms with Gasteiger partial charge < -0.3 is 0 Å². The summed E-state index contributed by atoms with van der Waals surface area (Å²) in [6, 6.07) is 7.65. The summed E-state index contributed by atoms with van der Waals surface area (Å²) in [5.74, 6) is 0. The van der Waals surface area contributed by atoms with Gasteiger partial charge in [0.05, 0.1) is 4.91 Å². The fourth-order valence-electron chi connectivity index (χ4n) is 0.920. The van der Waals surface area contributed by atoms with Crippen LogP contribution < -0.4 is 0 Å². The molecule has 0 unspecified atom stereocenters. The van der Waals surface area contributed by atoms with Gasteiger partial charge in [0.25, 0.3) is 0 Å². The van der Waals surface area contributed by atoms with Crippen LogP contribution in [0.3, 0.4) is 0 Å². The van der Waals surface area contributed by atoms with E-state index in [0.29, 0.717) is 10.6 Å². The fraction of sp³-hybridized carbons (Fsp3) is 0.100. The molecule has 0 atom stereocenters. The summed E-state index contributed by atoms with van der Waals surface area (Å²) in [4.78, 5) is -0.408. The van der Waals surface area contributed by atoms with Crippen molar-refractivity contribution in [3.63, 3.8) is 0 Å². The van der Waals surface area contributed by atoms with Crippen LogP contribution in [-0.2, 0) is 0 Å². The van der Waals surface area contributed by atoms with Gasteiger partial charge in [0.15, 0.2) is 0 Å². The lowest BCUT2D eigenvalue weighted by molar-refractivity contribution is -0.0321. The van der Waals surface area contributed by atoms with E-state index in [1.54, 1.807) is 12.1 Å². The van der Waals surface area contributed by atoms with Gasteiger partial charge in [-0.15, -0.1) is 0 Å². The van der Waals surface area contributed by atoms with E-state index in [0.717, 1.165) is 6.08 Å². The number of halogens is 4. The van der Waals surface area contributed by atoms with Gasteiger partial charge in [-0.25, -0.2) is 0 Å². The Bertz CT molecular complexity index is 431. The van der Waals surface area contributed by atoms with Crippen molar-refractivity contribution in [1.82, 2.24) is 0 Å². The highest BCUT2D eigenvalue weighted by Crippen LogP contribution is 2.36. The number of nitriles is 1. The number of rotatable bonds is 2. The summed E-state index contributed by atoms with van der Waals surface area (Å²) in [6.07, 6.45) is 1.16. The quantitative estimate of drug-likeness (QED) is 0.736. The van der Waals surface area contributed by atoms with Crippen LogP contribution >= 0.6 is 23.4 Å². The molecule has 0 N–H and O–H groups in total. The van der Waals surface area contributed by atoms with Crippen LogP contribution in [0.2, 0.25) is 5.02 Å². The molecule has 1 aromatic carbocycles. The normalized spacial score (nSPS) is 12.3.